The second kappa shape index (κ2) is 9.38. The first-order valence-electron chi connectivity index (χ1n) is 10.2. The first kappa shape index (κ1) is 21.2. The Morgan fingerprint density at radius 2 is 1.90 bits per heavy atom. The van der Waals surface area contributed by atoms with Crippen LogP contribution in [0.15, 0.2) is 45.7 Å². The summed E-state index contributed by atoms with van der Waals surface area (Å²) in [6.45, 7) is 1.42. The van der Waals surface area contributed by atoms with Crippen LogP contribution in [0.25, 0.3) is 6.08 Å². The Balaban J connectivity index is 1.40. The van der Waals surface area contributed by atoms with E-state index in [9.17, 15) is 18.8 Å². The molecule has 1 N–H and O–H groups in total. The third-order valence-electron chi connectivity index (χ3n) is 5.09. The summed E-state index contributed by atoms with van der Waals surface area (Å²) in [7, 11) is 0. The quantitative estimate of drug-likeness (QED) is 0.687. The summed E-state index contributed by atoms with van der Waals surface area (Å²) in [4.78, 5) is 40.4. The molecule has 9 heteroatoms. The molecule has 1 aromatic heterocycles. The van der Waals surface area contributed by atoms with E-state index in [-0.39, 0.29) is 10.6 Å². The summed E-state index contributed by atoms with van der Waals surface area (Å²) in [6, 6.07) is 9.03. The van der Waals surface area contributed by atoms with E-state index in [1.165, 1.54) is 37.1 Å². The summed E-state index contributed by atoms with van der Waals surface area (Å²) in [5.41, 5.74) is 0.254. The number of rotatable bonds is 5. The Morgan fingerprint density at radius 3 is 2.65 bits per heavy atom. The highest BCUT2D eigenvalue weighted by Crippen LogP contribution is 2.33. The van der Waals surface area contributed by atoms with Crippen LogP contribution in [0, 0.1) is 5.82 Å². The molecular formula is C22H22FN3O4S. The number of halogens is 1. The highest BCUT2D eigenvalue weighted by Gasteiger charge is 2.36. The number of nitrogens with zero attached hydrogens (tertiary/aromatic N) is 2. The topological polar surface area (TPSA) is 82.9 Å². The van der Waals surface area contributed by atoms with E-state index in [4.69, 9.17) is 4.42 Å². The maximum Gasteiger partial charge on any atom is 0.294 e. The van der Waals surface area contributed by atoms with Gasteiger partial charge in [-0.1, -0.05) is 18.9 Å². The standard InChI is InChI=1S/C22H22FN3O4S/c23-15-6-5-7-16(12-15)24-19(27)14-26-21(28)18(31-22(26)29)13-17-8-9-20(30-17)25-10-3-1-2-4-11-25/h5-9,12-13H,1-4,10-11,14H2,(H,24,27)/b18-13+. The number of hydrogen-bond donors (Lipinski definition) is 1. The van der Waals surface area contributed by atoms with Gasteiger partial charge in [0.25, 0.3) is 11.1 Å². The van der Waals surface area contributed by atoms with Gasteiger partial charge in [-0.2, -0.15) is 0 Å². The maximum absolute atomic E-state index is 13.3. The summed E-state index contributed by atoms with van der Waals surface area (Å²) in [5.74, 6) is -0.409. The molecule has 0 saturated carbocycles. The molecule has 2 saturated heterocycles. The molecule has 31 heavy (non-hydrogen) atoms. The molecule has 162 valence electrons. The zero-order chi connectivity index (χ0) is 21.8. The monoisotopic (exact) mass is 443 g/mol. The van der Waals surface area contributed by atoms with Gasteiger partial charge in [-0.3, -0.25) is 19.3 Å². The van der Waals surface area contributed by atoms with Crippen molar-refractivity contribution in [3.05, 3.63) is 52.9 Å². The Hall–Kier alpha value is -3.07. The molecule has 0 bridgehead atoms. The lowest BCUT2D eigenvalue weighted by molar-refractivity contribution is -0.127. The van der Waals surface area contributed by atoms with E-state index >= 15 is 0 Å². The molecule has 4 rings (SSSR count). The molecule has 2 aliphatic heterocycles. The van der Waals surface area contributed by atoms with Gasteiger partial charge in [-0.05, 0) is 48.9 Å². The van der Waals surface area contributed by atoms with Gasteiger partial charge in [0.15, 0.2) is 5.88 Å². The van der Waals surface area contributed by atoms with Crippen molar-refractivity contribution < 1.29 is 23.2 Å². The van der Waals surface area contributed by atoms with Gasteiger partial charge < -0.3 is 14.6 Å². The summed E-state index contributed by atoms with van der Waals surface area (Å²) in [5, 5.41) is 1.95. The van der Waals surface area contributed by atoms with Crippen molar-refractivity contribution in [3.8, 4) is 0 Å². The average molecular weight is 444 g/mol. The van der Waals surface area contributed by atoms with Gasteiger partial charge in [0, 0.05) is 30.9 Å². The molecule has 2 fully saturated rings. The van der Waals surface area contributed by atoms with Crippen LogP contribution in [0.5, 0.6) is 0 Å². The number of nitrogens with one attached hydrogen (secondary N) is 1. The van der Waals surface area contributed by atoms with Gasteiger partial charge in [0.1, 0.15) is 18.1 Å². The van der Waals surface area contributed by atoms with Gasteiger partial charge >= 0.3 is 0 Å². The predicted molar refractivity (Wildman–Crippen MR) is 117 cm³/mol. The Morgan fingerprint density at radius 1 is 1.13 bits per heavy atom. The number of anilines is 2. The van der Waals surface area contributed by atoms with Crippen molar-refractivity contribution in [2.75, 3.05) is 29.9 Å². The van der Waals surface area contributed by atoms with Gasteiger partial charge in [0.05, 0.1) is 4.91 Å². The number of carbonyl (C=O) groups excluding carboxylic acids is 3. The first-order chi connectivity index (χ1) is 15.0. The molecule has 3 amide bonds. The van der Waals surface area contributed by atoms with Crippen molar-refractivity contribution in [1.82, 2.24) is 4.90 Å². The van der Waals surface area contributed by atoms with E-state index in [0.717, 1.165) is 54.5 Å². The molecule has 0 unspecified atom stereocenters. The predicted octanol–water partition coefficient (Wildman–Crippen LogP) is 4.47. The normalized spacial score (nSPS) is 18.5. The SMILES string of the molecule is O=C(CN1C(=O)S/C(=C/c2ccc(N3CCCCCC3)o2)C1=O)Nc1cccc(F)c1. The van der Waals surface area contributed by atoms with Crippen LogP contribution in [0.3, 0.4) is 0 Å². The fourth-order valence-corrected chi connectivity index (χ4v) is 4.38. The van der Waals surface area contributed by atoms with Gasteiger partial charge in [-0.25, -0.2) is 4.39 Å². The Kier molecular flexibility index (Phi) is 6.41. The van der Waals surface area contributed by atoms with Crippen LogP contribution in [-0.2, 0) is 9.59 Å². The third-order valence-corrected chi connectivity index (χ3v) is 5.99. The minimum absolute atomic E-state index is 0.195. The Labute approximate surface area is 183 Å². The van der Waals surface area contributed by atoms with E-state index in [0.29, 0.717) is 5.76 Å². The molecule has 0 aliphatic carbocycles. The van der Waals surface area contributed by atoms with Crippen LogP contribution in [0.1, 0.15) is 31.4 Å². The number of thioether (sulfide) groups is 1. The lowest BCUT2D eigenvalue weighted by Crippen LogP contribution is -2.36. The van der Waals surface area contributed by atoms with Gasteiger partial charge in [0.2, 0.25) is 5.91 Å². The largest absolute Gasteiger partial charge is 0.441 e. The number of benzene rings is 1. The Bertz CT molecular complexity index is 1030. The summed E-state index contributed by atoms with van der Waals surface area (Å²) >= 11 is 0.760. The number of furan rings is 1. The zero-order valence-electron chi connectivity index (χ0n) is 16.8. The highest BCUT2D eigenvalue weighted by atomic mass is 32.2. The second-order valence-corrected chi connectivity index (χ2v) is 8.40. The summed E-state index contributed by atoms with van der Waals surface area (Å²) in [6.07, 6.45) is 6.18. The van der Waals surface area contributed by atoms with Crippen LogP contribution < -0.4 is 10.2 Å². The van der Waals surface area contributed by atoms with Crippen LogP contribution in [0.4, 0.5) is 20.8 Å². The fourth-order valence-electron chi connectivity index (χ4n) is 3.56. The van der Waals surface area contributed by atoms with E-state index in [1.54, 1.807) is 6.07 Å². The van der Waals surface area contributed by atoms with Crippen molar-refractivity contribution in [2.45, 2.75) is 25.7 Å². The first-order valence-corrected chi connectivity index (χ1v) is 11.0. The molecule has 3 heterocycles. The molecule has 2 aliphatic rings. The van der Waals surface area contributed by atoms with Gasteiger partial charge in [-0.15, -0.1) is 0 Å². The smallest absolute Gasteiger partial charge is 0.294 e. The number of hydrogen-bond acceptors (Lipinski definition) is 6. The fraction of sp³-hybridized carbons (Fsp3) is 0.318. The molecule has 1 aromatic carbocycles. The minimum Gasteiger partial charge on any atom is -0.441 e. The molecule has 7 nitrogen and oxygen atoms in total. The molecule has 0 radical (unpaired) electrons. The minimum atomic E-state index is -0.587. The number of imide groups is 1. The van der Waals surface area contributed by atoms with Crippen LogP contribution >= 0.6 is 11.8 Å². The second-order valence-electron chi connectivity index (χ2n) is 7.40. The molecule has 0 atom stereocenters. The van der Waals surface area contributed by atoms with Crippen molar-refractivity contribution in [1.29, 1.82) is 0 Å². The maximum atomic E-state index is 13.3. The van der Waals surface area contributed by atoms with Crippen molar-refractivity contribution in [3.63, 3.8) is 0 Å². The van der Waals surface area contributed by atoms with E-state index in [1.807, 2.05) is 6.07 Å². The van der Waals surface area contributed by atoms with E-state index < -0.39 is 29.4 Å². The van der Waals surface area contributed by atoms with Crippen LogP contribution in [0.2, 0.25) is 0 Å². The molecule has 0 spiro atoms. The zero-order valence-corrected chi connectivity index (χ0v) is 17.6. The number of carbonyl (C=O) groups is 3. The van der Waals surface area contributed by atoms with Crippen molar-refractivity contribution in [2.24, 2.45) is 0 Å². The summed E-state index contributed by atoms with van der Waals surface area (Å²) < 4.78 is 19.1. The molecule has 2 aromatic rings. The highest BCUT2D eigenvalue weighted by molar-refractivity contribution is 8.18. The van der Waals surface area contributed by atoms with Crippen molar-refractivity contribution >= 4 is 46.5 Å². The average Bonchev–Trinajstić information content (AvgIpc) is 3.16. The molecular weight excluding hydrogens is 421 g/mol. The van der Waals surface area contributed by atoms with Crippen LogP contribution in [-0.4, -0.2) is 41.6 Å². The lowest BCUT2D eigenvalue weighted by atomic mass is 10.2. The third kappa shape index (κ3) is 5.16. The lowest BCUT2D eigenvalue weighted by Gasteiger charge is -2.18. The van der Waals surface area contributed by atoms with E-state index in [2.05, 4.69) is 10.2 Å². The number of amides is 3.